The Morgan fingerprint density at radius 1 is 0.358 bits per heavy atom. The molecule has 6 aliphatic rings. The van der Waals surface area contributed by atoms with Crippen LogP contribution >= 0.6 is 0 Å². The highest BCUT2D eigenvalue weighted by Crippen LogP contribution is 2.67. The Morgan fingerprint density at radius 2 is 0.840 bits per heavy atom. The molecule has 2 fully saturated rings. The second-order valence-electron chi connectivity index (χ2n) is 25.6. The standard InChI is InChI=1S/C77H66N2O2/c1-73-36-9-11-38-75(73,3)78(54-18-14-20-56(45-54)80-5)68-34-29-51(42-65(68)73)49-27-31-58-59-32-28-50(52-30-35-69-66(43-52)74(2)37-10-12-39-76(74,4)79(69)55-19-15-21-57(46-55)81-6)41-64(59)77(63(58)40-49)62-23-8-7-22-60(62)72-61-33-26-48-17-13-16-47-24-25-53(44-67(72)77)71(61)70(47)48/h7-8,13-35,40-46H,9-12,36-39H2,1-6H3. The molecule has 81 heavy (non-hydrogen) atoms. The largest absolute Gasteiger partial charge is 0.497 e. The molecule has 0 amide bonds. The molecular weight excluding hydrogens is 985 g/mol. The van der Waals surface area contributed by atoms with Crippen molar-refractivity contribution in [3.63, 3.8) is 0 Å². The third kappa shape index (κ3) is 5.91. The number of hydrogen-bond acceptors (Lipinski definition) is 4. The Kier molecular flexibility index (Phi) is 9.62. The van der Waals surface area contributed by atoms with E-state index in [1.807, 2.05) is 0 Å². The lowest BCUT2D eigenvalue weighted by atomic mass is 9.61. The molecule has 2 saturated carbocycles. The van der Waals surface area contributed by atoms with E-state index >= 15 is 0 Å². The van der Waals surface area contributed by atoms with Crippen molar-refractivity contribution >= 4 is 55.1 Å². The summed E-state index contributed by atoms with van der Waals surface area (Å²) in [4.78, 5) is 5.32. The van der Waals surface area contributed by atoms with E-state index in [0.717, 1.165) is 37.2 Å². The van der Waals surface area contributed by atoms with Crippen LogP contribution in [0.15, 0.2) is 194 Å². The molecule has 0 N–H and O–H groups in total. The second kappa shape index (κ2) is 16.4. The Hall–Kier alpha value is -8.34. The molecule has 396 valence electrons. The van der Waals surface area contributed by atoms with Crippen LogP contribution in [0.3, 0.4) is 0 Å². The normalized spacial score (nSPS) is 24.5. The fourth-order valence-corrected chi connectivity index (χ4v) is 18.0. The van der Waals surface area contributed by atoms with Crippen LogP contribution in [0, 0.1) is 0 Å². The van der Waals surface area contributed by atoms with Crippen molar-refractivity contribution in [2.45, 2.75) is 106 Å². The topological polar surface area (TPSA) is 24.9 Å². The lowest BCUT2D eigenvalue weighted by Gasteiger charge is -2.50. The lowest BCUT2D eigenvalue weighted by molar-refractivity contribution is 0.195. The highest BCUT2D eigenvalue weighted by atomic mass is 16.5. The molecule has 4 unspecified atom stereocenters. The summed E-state index contributed by atoms with van der Waals surface area (Å²) in [5, 5.41) is 7.95. The molecule has 0 aromatic heterocycles. The minimum atomic E-state index is -0.589. The van der Waals surface area contributed by atoms with Gasteiger partial charge in [0.2, 0.25) is 0 Å². The Bertz CT molecular complexity index is 4310. The van der Waals surface area contributed by atoms with Gasteiger partial charge >= 0.3 is 0 Å². The molecule has 2 aliphatic heterocycles. The van der Waals surface area contributed by atoms with Crippen LogP contribution in [0.25, 0.3) is 76.8 Å². The van der Waals surface area contributed by atoms with Crippen LogP contribution in [-0.2, 0) is 16.2 Å². The van der Waals surface area contributed by atoms with Gasteiger partial charge in [-0.3, -0.25) is 0 Å². The molecular formula is C77H66N2O2. The summed E-state index contributed by atoms with van der Waals surface area (Å²) in [6, 6.07) is 75.6. The molecule has 1 spiro atoms. The first kappa shape index (κ1) is 47.5. The zero-order valence-electron chi connectivity index (χ0n) is 47.3. The maximum Gasteiger partial charge on any atom is 0.120 e. The van der Waals surface area contributed by atoms with Gasteiger partial charge in [0, 0.05) is 45.7 Å². The summed E-state index contributed by atoms with van der Waals surface area (Å²) in [7, 11) is 3.55. The number of anilines is 4. The Labute approximate surface area is 476 Å². The van der Waals surface area contributed by atoms with Gasteiger partial charge in [-0.1, -0.05) is 155 Å². The van der Waals surface area contributed by atoms with Crippen LogP contribution in [-0.4, -0.2) is 25.3 Å². The molecule has 11 aromatic carbocycles. The third-order valence-corrected chi connectivity index (χ3v) is 22.3. The molecule has 0 radical (unpaired) electrons. The van der Waals surface area contributed by atoms with Crippen LogP contribution in [0.2, 0.25) is 0 Å². The monoisotopic (exact) mass is 1050 g/mol. The van der Waals surface area contributed by atoms with E-state index in [9.17, 15) is 0 Å². The van der Waals surface area contributed by atoms with Crippen molar-refractivity contribution in [1.29, 1.82) is 0 Å². The predicted molar refractivity (Wildman–Crippen MR) is 336 cm³/mol. The summed E-state index contributed by atoms with van der Waals surface area (Å²) < 4.78 is 11.7. The first-order valence-electron chi connectivity index (χ1n) is 29.8. The summed E-state index contributed by atoms with van der Waals surface area (Å²) in [6.45, 7) is 10.1. The van der Waals surface area contributed by atoms with Crippen molar-refractivity contribution in [2.75, 3.05) is 24.0 Å². The number of ether oxygens (including phenoxy) is 2. The van der Waals surface area contributed by atoms with Gasteiger partial charge in [0.15, 0.2) is 0 Å². The zero-order valence-corrected chi connectivity index (χ0v) is 47.3. The van der Waals surface area contributed by atoms with Crippen molar-refractivity contribution in [2.24, 2.45) is 0 Å². The number of nitrogens with zero attached hydrogens (tertiary/aromatic N) is 2. The van der Waals surface area contributed by atoms with E-state index in [4.69, 9.17) is 9.47 Å². The maximum absolute atomic E-state index is 5.83. The quantitative estimate of drug-likeness (QED) is 0.155. The predicted octanol–water partition coefficient (Wildman–Crippen LogP) is 19.8. The van der Waals surface area contributed by atoms with E-state index < -0.39 is 5.41 Å². The highest BCUT2D eigenvalue weighted by molar-refractivity contribution is 6.27. The fraction of sp³-hybridized carbons (Fsp3) is 0.247. The van der Waals surface area contributed by atoms with E-state index in [2.05, 4.69) is 232 Å². The van der Waals surface area contributed by atoms with Crippen LogP contribution in [0.1, 0.15) is 112 Å². The number of hydrogen-bond donors (Lipinski definition) is 0. The lowest BCUT2D eigenvalue weighted by Crippen LogP contribution is -2.54. The van der Waals surface area contributed by atoms with Gasteiger partial charge in [-0.15, -0.1) is 0 Å². The molecule has 4 aliphatic carbocycles. The smallest absolute Gasteiger partial charge is 0.120 e. The first-order valence-corrected chi connectivity index (χ1v) is 29.8. The summed E-state index contributed by atoms with van der Waals surface area (Å²) >= 11 is 0. The molecule has 0 bridgehead atoms. The Balaban J connectivity index is 0.889. The third-order valence-electron chi connectivity index (χ3n) is 22.3. The van der Waals surface area contributed by atoms with E-state index in [1.54, 1.807) is 14.2 Å². The van der Waals surface area contributed by atoms with Crippen molar-refractivity contribution < 1.29 is 9.47 Å². The van der Waals surface area contributed by atoms with Crippen molar-refractivity contribution in [3.8, 4) is 56.0 Å². The SMILES string of the molecule is COc1cccc(N2c3ccc(-c4ccc5c(c4)C4(c6cc(-c7ccc8c(c7)C7(C)CCCCC7(C)N8c7cccc(OC)c7)ccc6-5)c5ccccc5-c5c4cc4ccc6cccc7ccc5c4c67)cc3C3(C)CCCCC23C)c1. The van der Waals surface area contributed by atoms with Crippen LogP contribution in [0.4, 0.5) is 22.7 Å². The summed E-state index contributed by atoms with van der Waals surface area (Å²) in [6.07, 6.45) is 9.51. The summed E-state index contributed by atoms with van der Waals surface area (Å²) in [5.74, 6) is 1.79. The molecule has 0 saturated heterocycles. The average molecular weight is 1050 g/mol. The van der Waals surface area contributed by atoms with E-state index in [0.29, 0.717) is 0 Å². The van der Waals surface area contributed by atoms with Gasteiger partial charge in [0.1, 0.15) is 11.5 Å². The molecule has 2 heterocycles. The van der Waals surface area contributed by atoms with Crippen LogP contribution < -0.4 is 19.3 Å². The number of rotatable bonds is 6. The highest BCUT2D eigenvalue weighted by Gasteiger charge is 2.60. The number of methoxy groups -OCH3 is 2. The van der Waals surface area contributed by atoms with Gasteiger partial charge in [-0.05, 0) is 216 Å². The second-order valence-corrected chi connectivity index (χ2v) is 25.6. The van der Waals surface area contributed by atoms with Gasteiger partial charge in [-0.2, -0.15) is 0 Å². The van der Waals surface area contributed by atoms with Gasteiger partial charge in [0.05, 0.1) is 30.7 Å². The minimum Gasteiger partial charge on any atom is -0.497 e. The van der Waals surface area contributed by atoms with Crippen LogP contribution in [0.5, 0.6) is 11.5 Å². The van der Waals surface area contributed by atoms with E-state index in [1.165, 1.54) is 159 Å². The molecule has 4 heteroatoms. The maximum atomic E-state index is 5.83. The molecule has 11 aromatic rings. The number of fused-ring (bicyclic) bond motifs is 17. The zero-order chi connectivity index (χ0) is 54.4. The first-order chi connectivity index (χ1) is 39.5. The fourth-order valence-electron chi connectivity index (χ4n) is 18.0. The summed E-state index contributed by atoms with van der Waals surface area (Å²) in [5.41, 5.74) is 23.0. The number of benzene rings is 11. The molecule has 4 nitrogen and oxygen atoms in total. The average Bonchev–Trinajstić information content (AvgIpc) is 1.83. The van der Waals surface area contributed by atoms with Gasteiger partial charge in [0.25, 0.3) is 0 Å². The molecule has 4 atom stereocenters. The van der Waals surface area contributed by atoms with Gasteiger partial charge in [-0.25, -0.2) is 0 Å². The minimum absolute atomic E-state index is 0.0362. The molecule has 17 rings (SSSR count). The Morgan fingerprint density at radius 3 is 1.40 bits per heavy atom. The van der Waals surface area contributed by atoms with Crippen molar-refractivity contribution in [1.82, 2.24) is 0 Å². The van der Waals surface area contributed by atoms with Crippen molar-refractivity contribution in [3.05, 3.63) is 228 Å². The van der Waals surface area contributed by atoms with Gasteiger partial charge < -0.3 is 19.3 Å². The van der Waals surface area contributed by atoms with E-state index in [-0.39, 0.29) is 21.9 Å².